The van der Waals surface area contributed by atoms with Crippen LogP contribution in [0.5, 0.6) is 0 Å². The molecule has 0 saturated heterocycles. The maximum Gasteiger partial charge on any atom is 0.277 e. The fourth-order valence-corrected chi connectivity index (χ4v) is 5.39. The number of hydrogen-bond acceptors (Lipinski definition) is 4. The number of carbonyl (C=O) groups excluding carboxylic acids is 2. The fraction of sp³-hybridized carbons (Fsp3) is 0.375. The lowest BCUT2D eigenvalue weighted by Crippen LogP contribution is -2.65. The van der Waals surface area contributed by atoms with Gasteiger partial charge in [0.25, 0.3) is 5.91 Å². The number of hydrogen-bond donors (Lipinski definition) is 1. The van der Waals surface area contributed by atoms with Gasteiger partial charge in [-0.3, -0.25) is 19.2 Å². The van der Waals surface area contributed by atoms with Crippen LogP contribution >= 0.6 is 11.3 Å². The van der Waals surface area contributed by atoms with Crippen LogP contribution in [0.25, 0.3) is 10.6 Å². The first-order chi connectivity index (χ1) is 15.5. The number of nitrogens with zero attached hydrogens (tertiary/aromatic N) is 3. The molecule has 1 atom stereocenters. The Kier molecular flexibility index (Phi) is 5.33. The Balaban J connectivity index is 1.55. The van der Waals surface area contributed by atoms with Gasteiger partial charge in [0.15, 0.2) is 0 Å². The topological polar surface area (TPSA) is 67.2 Å². The van der Waals surface area contributed by atoms with Crippen LogP contribution in [0.1, 0.15) is 49.5 Å². The van der Waals surface area contributed by atoms with E-state index in [1.807, 2.05) is 17.5 Å². The Hall–Kier alpha value is -3.00. The zero-order chi connectivity index (χ0) is 22.3. The molecule has 3 aromatic rings. The minimum atomic E-state index is -1.20. The van der Waals surface area contributed by atoms with Gasteiger partial charge in [0.1, 0.15) is 22.7 Å². The summed E-state index contributed by atoms with van der Waals surface area (Å²) in [4.78, 5) is 29.8. The molecule has 166 valence electrons. The molecule has 1 aromatic carbocycles. The van der Waals surface area contributed by atoms with Crippen LogP contribution in [0.4, 0.5) is 10.1 Å². The van der Waals surface area contributed by atoms with Crippen molar-refractivity contribution in [2.75, 3.05) is 4.90 Å². The van der Waals surface area contributed by atoms with Gasteiger partial charge in [-0.1, -0.05) is 25.3 Å². The summed E-state index contributed by atoms with van der Waals surface area (Å²) in [5.41, 5.74) is 0.417. The third kappa shape index (κ3) is 3.62. The normalized spacial score (nSPS) is 21.4. The summed E-state index contributed by atoms with van der Waals surface area (Å²) < 4.78 is 15.3. The van der Waals surface area contributed by atoms with Crippen molar-refractivity contribution in [1.29, 1.82) is 0 Å². The maximum absolute atomic E-state index is 13.7. The highest BCUT2D eigenvalue weighted by atomic mass is 32.1. The van der Waals surface area contributed by atoms with Crippen LogP contribution in [0.3, 0.4) is 0 Å². The van der Waals surface area contributed by atoms with E-state index >= 15 is 0 Å². The van der Waals surface area contributed by atoms with Crippen molar-refractivity contribution in [2.24, 2.45) is 0 Å². The molecular weight excluding hydrogens is 427 g/mol. The average molecular weight is 453 g/mol. The van der Waals surface area contributed by atoms with E-state index in [2.05, 4.69) is 10.4 Å². The number of amides is 2. The van der Waals surface area contributed by atoms with E-state index in [0.29, 0.717) is 17.1 Å². The Morgan fingerprint density at radius 2 is 1.94 bits per heavy atom. The zero-order valence-corrected chi connectivity index (χ0v) is 18.7. The Labute approximate surface area is 190 Å². The monoisotopic (exact) mass is 452 g/mol. The second kappa shape index (κ2) is 8.16. The first-order valence-corrected chi connectivity index (χ1v) is 11.9. The number of aromatic nitrogens is 2. The molecule has 0 radical (unpaired) electrons. The molecule has 2 aromatic heterocycles. The van der Waals surface area contributed by atoms with E-state index in [1.54, 1.807) is 41.1 Å². The van der Waals surface area contributed by atoms with Gasteiger partial charge in [-0.05, 0) is 61.5 Å². The van der Waals surface area contributed by atoms with Gasteiger partial charge in [0.2, 0.25) is 5.91 Å². The van der Waals surface area contributed by atoms with Gasteiger partial charge >= 0.3 is 0 Å². The van der Waals surface area contributed by atoms with Crippen LogP contribution in [0, 0.1) is 5.82 Å². The number of nitrogens with one attached hydrogen (secondary N) is 1. The van der Waals surface area contributed by atoms with E-state index in [9.17, 15) is 14.0 Å². The van der Waals surface area contributed by atoms with Gasteiger partial charge in [0.05, 0.1) is 11.4 Å². The number of anilines is 1. The smallest absolute Gasteiger partial charge is 0.277 e. The van der Waals surface area contributed by atoms with Crippen molar-refractivity contribution >= 4 is 28.8 Å². The minimum absolute atomic E-state index is 0.110. The average Bonchev–Trinajstić information content (AvgIpc) is 3.46. The van der Waals surface area contributed by atoms with Crippen molar-refractivity contribution in [3.63, 3.8) is 0 Å². The molecule has 1 aliphatic carbocycles. The molecule has 2 aliphatic rings. The van der Waals surface area contributed by atoms with Crippen LogP contribution in [-0.2, 0) is 11.3 Å². The van der Waals surface area contributed by atoms with E-state index in [4.69, 9.17) is 0 Å². The highest BCUT2D eigenvalue weighted by Crippen LogP contribution is 2.35. The van der Waals surface area contributed by atoms with Crippen molar-refractivity contribution in [2.45, 2.75) is 57.2 Å². The second-order valence-corrected chi connectivity index (χ2v) is 9.70. The molecule has 5 rings (SSSR count). The molecule has 32 heavy (non-hydrogen) atoms. The summed E-state index contributed by atoms with van der Waals surface area (Å²) in [5.74, 6) is -0.919. The summed E-state index contributed by atoms with van der Waals surface area (Å²) in [6, 6.07) is 11.5. The second-order valence-electron chi connectivity index (χ2n) is 8.75. The van der Waals surface area contributed by atoms with Gasteiger partial charge in [-0.25, -0.2) is 4.39 Å². The zero-order valence-electron chi connectivity index (χ0n) is 17.9. The molecule has 2 amide bonds. The predicted molar refractivity (Wildman–Crippen MR) is 122 cm³/mol. The summed E-state index contributed by atoms with van der Waals surface area (Å²) in [6.07, 6.45) is 5.27. The van der Waals surface area contributed by atoms with E-state index < -0.39 is 11.4 Å². The molecule has 6 nitrogen and oxygen atoms in total. The van der Waals surface area contributed by atoms with Gasteiger partial charge < -0.3 is 5.32 Å². The first kappa shape index (κ1) is 20.9. The van der Waals surface area contributed by atoms with Crippen molar-refractivity contribution in [1.82, 2.24) is 15.1 Å². The van der Waals surface area contributed by atoms with Crippen LogP contribution < -0.4 is 10.2 Å². The minimum Gasteiger partial charge on any atom is -0.351 e. The van der Waals surface area contributed by atoms with E-state index in [-0.39, 0.29) is 24.4 Å². The number of benzene rings is 1. The summed E-state index contributed by atoms with van der Waals surface area (Å²) >= 11 is 1.55. The lowest BCUT2D eigenvalue weighted by Gasteiger charge is -2.44. The van der Waals surface area contributed by atoms with Crippen molar-refractivity contribution < 1.29 is 14.0 Å². The first-order valence-electron chi connectivity index (χ1n) is 11.0. The molecule has 1 N–H and O–H groups in total. The van der Waals surface area contributed by atoms with E-state index in [1.165, 1.54) is 23.5 Å². The number of carbonyl (C=O) groups is 2. The number of thiophene rings is 1. The highest BCUT2D eigenvalue weighted by molar-refractivity contribution is 7.13. The van der Waals surface area contributed by atoms with Crippen molar-refractivity contribution in [3.8, 4) is 10.6 Å². The molecule has 1 fully saturated rings. The van der Waals surface area contributed by atoms with Gasteiger partial charge in [-0.2, -0.15) is 5.10 Å². The molecular formula is C24H25FN4O2S. The third-order valence-corrected chi connectivity index (χ3v) is 7.33. The Morgan fingerprint density at radius 1 is 1.19 bits per heavy atom. The number of halogens is 1. The number of rotatable bonds is 4. The maximum atomic E-state index is 13.7. The standard InChI is InChI=1S/C24H25FN4O2S/c1-24(23(31)26-17-6-3-2-4-7-17)15-28-20(14-19(27-28)21-8-5-13-32-21)22(30)29(24)18-11-9-16(25)10-12-18/h5,8-14,17H,2-4,6-7,15H2,1H3,(H,26,31)/t24-/m1/s1. The van der Waals surface area contributed by atoms with Crippen LogP contribution in [-0.4, -0.2) is 33.2 Å². The fourth-order valence-electron chi connectivity index (χ4n) is 4.71. The largest absolute Gasteiger partial charge is 0.351 e. The summed E-state index contributed by atoms with van der Waals surface area (Å²) in [5, 5.41) is 9.79. The molecule has 8 heteroatoms. The predicted octanol–water partition coefficient (Wildman–Crippen LogP) is 4.62. The Morgan fingerprint density at radius 3 is 2.62 bits per heavy atom. The van der Waals surface area contributed by atoms with Crippen LogP contribution in [0.2, 0.25) is 0 Å². The van der Waals surface area contributed by atoms with E-state index in [0.717, 1.165) is 30.6 Å². The Bertz CT molecular complexity index is 1140. The lowest BCUT2D eigenvalue weighted by atomic mass is 9.91. The molecule has 1 saturated carbocycles. The molecule has 0 spiro atoms. The van der Waals surface area contributed by atoms with Crippen molar-refractivity contribution in [3.05, 3.63) is 59.4 Å². The lowest BCUT2D eigenvalue weighted by molar-refractivity contribution is -0.127. The molecule has 3 heterocycles. The summed E-state index contributed by atoms with van der Waals surface area (Å²) in [6.45, 7) is 1.98. The van der Waals surface area contributed by atoms with Crippen LogP contribution in [0.15, 0.2) is 47.8 Å². The summed E-state index contributed by atoms with van der Waals surface area (Å²) in [7, 11) is 0. The highest BCUT2D eigenvalue weighted by Gasteiger charge is 2.49. The quantitative estimate of drug-likeness (QED) is 0.628. The van der Waals surface area contributed by atoms with Gasteiger partial charge in [-0.15, -0.1) is 11.3 Å². The third-order valence-electron chi connectivity index (χ3n) is 6.44. The molecule has 1 aliphatic heterocycles. The molecule has 0 bridgehead atoms. The number of fused-ring (bicyclic) bond motifs is 1. The SMILES string of the molecule is C[C@]1(C(=O)NC2CCCCC2)Cn2nc(-c3cccs3)cc2C(=O)N1c1ccc(F)cc1. The molecule has 0 unspecified atom stereocenters. The van der Waals surface area contributed by atoms with Gasteiger partial charge in [0, 0.05) is 11.7 Å².